The fourth-order valence-electron chi connectivity index (χ4n) is 0.949. The SMILES string of the molecule is CC(Oc1nccc(C(=N)N)c1Cl)C(F)(F)F. The number of alkyl halides is 3. The Hall–Kier alpha value is -1.50. The van der Waals surface area contributed by atoms with Crippen LogP contribution < -0.4 is 10.5 Å². The molecule has 1 heterocycles. The molecule has 1 atom stereocenters. The average Bonchev–Trinajstić information content (AvgIpc) is 2.19. The molecule has 0 spiro atoms. The van der Waals surface area contributed by atoms with Crippen molar-refractivity contribution in [1.29, 1.82) is 5.41 Å². The molecule has 0 radical (unpaired) electrons. The van der Waals surface area contributed by atoms with Gasteiger partial charge in [0.05, 0.1) is 0 Å². The van der Waals surface area contributed by atoms with Crippen LogP contribution in [0.1, 0.15) is 12.5 Å². The number of rotatable bonds is 3. The minimum absolute atomic E-state index is 0.0750. The third-order valence-electron chi connectivity index (χ3n) is 1.90. The van der Waals surface area contributed by atoms with E-state index in [-0.39, 0.29) is 16.4 Å². The Morgan fingerprint density at radius 3 is 2.65 bits per heavy atom. The smallest absolute Gasteiger partial charge is 0.425 e. The van der Waals surface area contributed by atoms with Gasteiger partial charge >= 0.3 is 6.18 Å². The molecule has 0 saturated carbocycles. The second kappa shape index (κ2) is 4.79. The number of nitrogens with two attached hydrogens (primary N) is 1. The highest BCUT2D eigenvalue weighted by Gasteiger charge is 2.38. The first-order valence-electron chi connectivity index (χ1n) is 4.45. The largest absolute Gasteiger partial charge is 0.464 e. The summed E-state index contributed by atoms with van der Waals surface area (Å²) in [5, 5.41) is 6.95. The van der Waals surface area contributed by atoms with Crippen LogP contribution in [0.2, 0.25) is 5.02 Å². The third kappa shape index (κ3) is 3.23. The van der Waals surface area contributed by atoms with E-state index in [4.69, 9.17) is 22.7 Å². The summed E-state index contributed by atoms with van der Waals surface area (Å²) in [4.78, 5) is 3.57. The van der Waals surface area contributed by atoms with E-state index < -0.39 is 18.2 Å². The number of ether oxygens (including phenoxy) is 1. The molecule has 1 unspecified atom stereocenters. The first-order valence-corrected chi connectivity index (χ1v) is 4.83. The summed E-state index contributed by atoms with van der Waals surface area (Å²) < 4.78 is 41.4. The lowest BCUT2D eigenvalue weighted by atomic mass is 10.2. The normalized spacial score (nSPS) is 13.2. The van der Waals surface area contributed by atoms with Gasteiger partial charge in [-0.25, -0.2) is 4.98 Å². The van der Waals surface area contributed by atoms with Crippen molar-refractivity contribution in [3.8, 4) is 5.88 Å². The van der Waals surface area contributed by atoms with Crippen molar-refractivity contribution in [1.82, 2.24) is 4.98 Å². The van der Waals surface area contributed by atoms with Crippen molar-refractivity contribution in [3.63, 3.8) is 0 Å². The highest BCUT2D eigenvalue weighted by molar-refractivity contribution is 6.35. The van der Waals surface area contributed by atoms with E-state index in [1.807, 2.05) is 0 Å². The Bertz CT molecular complexity index is 436. The van der Waals surface area contributed by atoms with Crippen molar-refractivity contribution in [2.24, 2.45) is 5.73 Å². The molecule has 17 heavy (non-hydrogen) atoms. The van der Waals surface area contributed by atoms with Crippen molar-refractivity contribution >= 4 is 17.4 Å². The number of nitrogen functional groups attached to an aromatic ring is 1. The van der Waals surface area contributed by atoms with Crippen LogP contribution in [0.3, 0.4) is 0 Å². The monoisotopic (exact) mass is 267 g/mol. The maximum atomic E-state index is 12.3. The van der Waals surface area contributed by atoms with Gasteiger partial charge in [0.1, 0.15) is 10.9 Å². The molecule has 94 valence electrons. The molecule has 0 bridgehead atoms. The lowest BCUT2D eigenvalue weighted by molar-refractivity contribution is -0.189. The Morgan fingerprint density at radius 2 is 2.18 bits per heavy atom. The summed E-state index contributed by atoms with van der Waals surface area (Å²) in [6.45, 7) is 0.832. The number of halogens is 4. The van der Waals surface area contributed by atoms with Gasteiger partial charge in [0, 0.05) is 11.8 Å². The van der Waals surface area contributed by atoms with Gasteiger partial charge < -0.3 is 10.5 Å². The van der Waals surface area contributed by atoms with Crippen LogP contribution >= 0.6 is 11.6 Å². The Balaban J connectivity index is 3.01. The van der Waals surface area contributed by atoms with Crippen LogP contribution in [0.4, 0.5) is 13.2 Å². The summed E-state index contributed by atoms with van der Waals surface area (Å²) in [6.07, 6.45) is -5.40. The van der Waals surface area contributed by atoms with E-state index in [0.29, 0.717) is 0 Å². The van der Waals surface area contributed by atoms with Gasteiger partial charge in [-0.2, -0.15) is 13.2 Å². The second-order valence-electron chi connectivity index (χ2n) is 3.19. The zero-order chi connectivity index (χ0) is 13.2. The van der Waals surface area contributed by atoms with Gasteiger partial charge in [0.2, 0.25) is 5.88 Å². The van der Waals surface area contributed by atoms with E-state index >= 15 is 0 Å². The predicted octanol–water partition coefficient (Wildman–Crippen LogP) is 2.35. The Morgan fingerprint density at radius 1 is 1.59 bits per heavy atom. The van der Waals surface area contributed by atoms with Crippen LogP contribution in [0.5, 0.6) is 5.88 Å². The lowest BCUT2D eigenvalue weighted by Crippen LogP contribution is -2.31. The first kappa shape index (κ1) is 13.6. The van der Waals surface area contributed by atoms with Crippen LogP contribution in [0, 0.1) is 5.41 Å². The Kier molecular flexibility index (Phi) is 3.82. The van der Waals surface area contributed by atoms with Crippen molar-refractivity contribution in [2.75, 3.05) is 0 Å². The molecule has 1 aromatic heterocycles. The van der Waals surface area contributed by atoms with Crippen LogP contribution in [0.25, 0.3) is 0 Å². The zero-order valence-electron chi connectivity index (χ0n) is 8.68. The molecule has 1 rings (SSSR count). The minimum atomic E-state index is -4.52. The fraction of sp³-hybridized carbons (Fsp3) is 0.333. The molecule has 3 N–H and O–H groups in total. The second-order valence-corrected chi connectivity index (χ2v) is 3.57. The number of aromatic nitrogens is 1. The molecular weight excluding hydrogens is 259 g/mol. The number of hydrogen-bond acceptors (Lipinski definition) is 3. The maximum Gasteiger partial charge on any atom is 0.425 e. The quantitative estimate of drug-likeness (QED) is 0.652. The summed E-state index contributed by atoms with van der Waals surface area (Å²) in [5.74, 6) is -0.772. The van der Waals surface area contributed by atoms with E-state index in [0.717, 1.165) is 6.92 Å². The summed E-state index contributed by atoms with van der Waals surface area (Å²) >= 11 is 5.72. The van der Waals surface area contributed by atoms with Gasteiger partial charge in [-0.1, -0.05) is 11.6 Å². The summed E-state index contributed by atoms with van der Waals surface area (Å²) in [7, 11) is 0. The predicted molar refractivity (Wildman–Crippen MR) is 56.4 cm³/mol. The molecule has 0 aliphatic rings. The average molecular weight is 268 g/mol. The van der Waals surface area contributed by atoms with Gasteiger partial charge in [-0.3, -0.25) is 5.41 Å². The maximum absolute atomic E-state index is 12.3. The fourth-order valence-corrected chi connectivity index (χ4v) is 1.21. The topological polar surface area (TPSA) is 72.0 Å². The highest BCUT2D eigenvalue weighted by Crippen LogP contribution is 2.30. The molecule has 0 aliphatic carbocycles. The number of amidine groups is 1. The van der Waals surface area contributed by atoms with Crippen molar-refractivity contribution in [2.45, 2.75) is 19.2 Å². The molecule has 0 aromatic carbocycles. The third-order valence-corrected chi connectivity index (χ3v) is 2.26. The standard InChI is InChI=1S/C9H9ClF3N3O/c1-4(9(11,12)13)17-8-6(10)5(7(14)15)2-3-16-8/h2-4H,1H3,(H3,14,15). The zero-order valence-corrected chi connectivity index (χ0v) is 9.43. The molecule has 0 saturated heterocycles. The molecule has 4 nitrogen and oxygen atoms in total. The Labute approximate surface area is 100 Å². The van der Waals surface area contributed by atoms with E-state index in [9.17, 15) is 13.2 Å². The number of hydrogen-bond donors (Lipinski definition) is 2. The first-order chi connectivity index (χ1) is 7.73. The lowest BCUT2D eigenvalue weighted by Gasteiger charge is -2.18. The van der Waals surface area contributed by atoms with Crippen LogP contribution in [-0.2, 0) is 0 Å². The van der Waals surface area contributed by atoms with Crippen LogP contribution in [-0.4, -0.2) is 23.1 Å². The van der Waals surface area contributed by atoms with E-state index in [1.54, 1.807) is 0 Å². The summed E-state index contributed by atoms with van der Waals surface area (Å²) in [5.41, 5.74) is 5.27. The molecule has 0 aliphatic heterocycles. The van der Waals surface area contributed by atoms with Gasteiger partial charge in [0.15, 0.2) is 6.10 Å². The number of nitrogens with one attached hydrogen (secondary N) is 1. The molecule has 0 amide bonds. The van der Waals surface area contributed by atoms with Crippen molar-refractivity contribution < 1.29 is 17.9 Å². The van der Waals surface area contributed by atoms with Crippen molar-refractivity contribution in [3.05, 3.63) is 22.8 Å². The van der Waals surface area contributed by atoms with Gasteiger partial charge in [-0.05, 0) is 13.0 Å². The number of pyridine rings is 1. The van der Waals surface area contributed by atoms with Gasteiger partial charge in [0.25, 0.3) is 0 Å². The molecule has 8 heteroatoms. The van der Waals surface area contributed by atoms with Gasteiger partial charge in [-0.15, -0.1) is 0 Å². The van der Waals surface area contributed by atoms with Crippen LogP contribution in [0.15, 0.2) is 12.3 Å². The molecule has 1 aromatic rings. The number of nitrogens with zero attached hydrogens (tertiary/aromatic N) is 1. The molecule has 0 fully saturated rings. The molecular formula is C9H9ClF3N3O. The highest BCUT2D eigenvalue weighted by atomic mass is 35.5. The van der Waals surface area contributed by atoms with E-state index in [1.165, 1.54) is 12.3 Å². The van der Waals surface area contributed by atoms with E-state index in [2.05, 4.69) is 9.72 Å². The minimum Gasteiger partial charge on any atom is -0.464 e. The summed E-state index contributed by atoms with van der Waals surface area (Å²) in [6, 6.07) is 1.32.